The van der Waals surface area contributed by atoms with Crippen molar-refractivity contribution in [1.29, 1.82) is 0 Å². The minimum absolute atomic E-state index is 0.0534. The molecular formula is C25H33N3O2. The largest absolute Gasteiger partial charge is 0.354 e. The highest BCUT2D eigenvalue weighted by Gasteiger charge is 2.28. The highest BCUT2D eigenvalue weighted by molar-refractivity contribution is 5.94. The molecule has 0 spiro atoms. The van der Waals surface area contributed by atoms with E-state index in [2.05, 4.69) is 29.4 Å². The summed E-state index contributed by atoms with van der Waals surface area (Å²) in [4.78, 5) is 27.9. The summed E-state index contributed by atoms with van der Waals surface area (Å²) in [7, 11) is 0. The lowest BCUT2D eigenvalue weighted by Gasteiger charge is -2.41. The van der Waals surface area contributed by atoms with Crippen molar-refractivity contribution in [2.75, 3.05) is 19.6 Å². The van der Waals surface area contributed by atoms with Gasteiger partial charge >= 0.3 is 0 Å². The number of hydrogen-bond acceptors (Lipinski definition) is 3. The Morgan fingerprint density at radius 3 is 2.17 bits per heavy atom. The number of nitrogens with one attached hydrogen (secondary N) is 2. The Hall–Kier alpha value is -2.66. The van der Waals surface area contributed by atoms with E-state index >= 15 is 0 Å². The molecule has 2 aromatic rings. The fourth-order valence-corrected chi connectivity index (χ4v) is 3.95. The van der Waals surface area contributed by atoms with Gasteiger partial charge in [-0.1, -0.05) is 55.0 Å². The van der Waals surface area contributed by atoms with Crippen LogP contribution in [0.3, 0.4) is 0 Å². The van der Waals surface area contributed by atoms with Crippen LogP contribution in [0.1, 0.15) is 61.5 Å². The number of carbonyl (C=O) groups is 2. The van der Waals surface area contributed by atoms with Gasteiger partial charge in [0.1, 0.15) is 0 Å². The van der Waals surface area contributed by atoms with Gasteiger partial charge in [-0.25, -0.2) is 0 Å². The van der Waals surface area contributed by atoms with Crippen LogP contribution in [0.2, 0.25) is 0 Å². The summed E-state index contributed by atoms with van der Waals surface area (Å²) in [5, 5.41) is 6.13. The average molecular weight is 408 g/mol. The highest BCUT2D eigenvalue weighted by atomic mass is 16.2. The first-order chi connectivity index (χ1) is 14.5. The summed E-state index contributed by atoms with van der Waals surface area (Å²) in [6, 6.07) is 18.4. The van der Waals surface area contributed by atoms with Gasteiger partial charge in [0.15, 0.2) is 0 Å². The van der Waals surface area contributed by atoms with Crippen molar-refractivity contribution >= 4 is 11.8 Å². The predicted molar refractivity (Wildman–Crippen MR) is 120 cm³/mol. The van der Waals surface area contributed by atoms with Crippen LogP contribution < -0.4 is 10.6 Å². The maximum atomic E-state index is 12.8. The highest BCUT2D eigenvalue weighted by Crippen LogP contribution is 2.21. The van der Waals surface area contributed by atoms with Crippen molar-refractivity contribution in [3.63, 3.8) is 0 Å². The average Bonchev–Trinajstić information content (AvgIpc) is 2.79. The Bertz CT molecular complexity index is 815. The van der Waals surface area contributed by atoms with Gasteiger partial charge in [0.2, 0.25) is 5.91 Å². The molecule has 1 aliphatic rings. The van der Waals surface area contributed by atoms with Crippen LogP contribution in [0.5, 0.6) is 0 Å². The number of piperidine rings is 1. The van der Waals surface area contributed by atoms with E-state index in [1.165, 1.54) is 19.3 Å². The van der Waals surface area contributed by atoms with Gasteiger partial charge in [-0.3, -0.25) is 14.5 Å². The first kappa shape index (κ1) is 22.0. The van der Waals surface area contributed by atoms with Gasteiger partial charge in [-0.2, -0.15) is 0 Å². The number of nitrogens with zero attached hydrogens (tertiary/aromatic N) is 1. The van der Waals surface area contributed by atoms with Crippen LogP contribution >= 0.6 is 0 Å². The molecule has 1 saturated heterocycles. The van der Waals surface area contributed by atoms with Crippen LogP contribution in [-0.4, -0.2) is 41.9 Å². The second-order valence-electron chi connectivity index (χ2n) is 8.64. The minimum atomic E-state index is -0.378. The van der Waals surface area contributed by atoms with Gasteiger partial charge in [0.05, 0.1) is 12.5 Å². The lowest BCUT2D eigenvalue weighted by atomic mass is 9.98. The van der Waals surface area contributed by atoms with E-state index in [9.17, 15) is 9.59 Å². The molecule has 160 valence electrons. The van der Waals surface area contributed by atoms with Gasteiger partial charge in [-0.05, 0) is 57.5 Å². The summed E-state index contributed by atoms with van der Waals surface area (Å²) >= 11 is 0. The summed E-state index contributed by atoms with van der Waals surface area (Å²) in [6.45, 7) is 7.14. The first-order valence-corrected chi connectivity index (χ1v) is 10.9. The number of likely N-dealkylation sites (tertiary alicyclic amines) is 1. The topological polar surface area (TPSA) is 61.4 Å². The fourth-order valence-electron chi connectivity index (χ4n) is 3.95. The molecule has 1 fully saturated rings. The third-order valence-corrected chi connectivity index (χ3v) is 5.86. The van der Waals surface area contributed by atoms with Gasteiger partial charge in [0.25, 0.3) is 5.91 Å². The number of carbonyl (C=O) groups excluding carboxylic acids is 2. The Morgan fingerprint density at radius 1 is 0.933 bits per heavy atom. The van der Waals surface area contributed by atoms with E-state index in [4.69, 9.17) is 0 Å². The predicted octanol–water partition coefficient (Wildman–Crippen LogP) is 3.93. The third kappa shape index (κ3) is 6.17. The van der Waals surface area contributed by atoms with Crippen molar-refractivity contribution in [1.82, 2.24) is 15.5 Å². The van der Waals surface area contributed by atoms with E-state index in [1.54, 1.807) is 12.1 Å². The molecule has 1 unspecified atom stereocenters. The summed E-state index contributed by atoms with van der Waals surface area (Å²) in [5.74, 6) is -0.229. The molecule has 1 heterocycles. The maximum Gasteiger partial charge on any atom is 0.251 e. The summed E-state index contributed by atoms with van der Waals surface area (Å²) in [6.07, 6.45) is 3.94. The number of hydrogen-bond donors (Lipinski definition) is 2. The molecule has 0 aliphatic carbocycles. The summed E-state index contributed by atoms with van der Waals surface area (Å²) < 4.78 is 0. The van der Waals surface area contributed by atoms with Gasteiger partial charge in [-0.15, -0.1) is 0 Å². The lowest BCUT2D eigenvalue weighted by Crippen LogP contribution is -2.53. The molecule has 1 aliphatic heterocycles. The standard InChI is InChI=1S/C25H33N3O2/c1-25(2,28-16-10-5-11-17-28)19-26-23(29)18-22(20-12-6-3-7-13-20)27-24(30)21-14-8-4-9-15-21/h3-4,6-9,12-15,22H,5,10-11,16-19H2,1-2H3,(H,26,29)(H,27,30). The van der Waals surface area contributed by atoms with E-state index in [0.29, 0.717) is 12.1 Å². The Balaban J connectivity index is 1.62. The molecule has 2 N–H and O–H groups in total. The molecular weight excluding hydrogens is 374 g/mol. The second-order valence-corrected chi connectivity index (χ2v) is 8.64. The van der Waals surface area contributed by atoms with Crippen molar-refractivity contribution in [2.45, 2.75) is 51.1 Å². The number of amides is 2. The van der Waals surface area contributed by atoms with Crippen molar-refractivity contribution in [3.05, 3.63) is 71.8 Å². The first-order valence-electron chi connectivity index (χ1n) is 10.9. The molecule has 3 rings (SSSR count). The van der Waals surface area contributed by atoms with E-state index < -0.39 is 0 Å². The molecule has 0 bridgehead atoms. The quantitative estimate of drug-likeness (QED) is 0.697. The Kier molecular flexibility index (Phi) is 7.63. The maximum absolute atomic E-state index is 12.8. The van der Waals surface area contributed by atoms with Crippen molar-refractivity contribution in [2.24, 2.45) is 0 Å². The smallest absolute Gasteiger partial charge is 0.251 e. The minimum Gasteiger partial charge on any atom is -0.354 e. The second kappa shape index (κ2) is 10.4. The zero-order chi connectivity index (χ0) is 21.4. The fraction of sp³-hybridized carbons (Fsp3) is 0.440. The van der Waals surface area contributed by atoms with Gasteiger partial charge in [0, 0.05) is 17.6 Å². The number of rotatable bonds is 8. The Morgan fingerprint density at radius 2 is 1.53 bits per heavy atom. The molecule has 30 heavy (non-hydrogen) atoms. The molecule has 5 nitrogen and oxygen atoms in total. The molecule has 2 amide bonds. The molecule has 0 saturated carbocycles. The molecule has 1 atom stereocenters. The van der Waals surface area contributed by atoms with Crippen LogP contribution in [0, 0.1) is 0 Å². The normalized spacial score (nSPS) is 15.9. The third-order valence-electron chi connectivity index (χ3n) is 5.86. The van der Waals surface area contributed by atoms with Crippen molar-refractivity contribution < 1.29 is 9.59 Å². The molecule has 0 aromatic heterocycles. The number of benzene rings is 2. The molecule has 0 radical (unpaired) electrons. The van der Waals surface area contributed by atoms with Crippen LogP contribution in [-0.2, 0) is 4.79 Å². The SMILES string of the molecule is CC(C)(CNC(=O)CC(NC(=O)c1ccccc1)c1ccccc1)N1CCCCC1. The van der Waals surface area contributed by atoms with Crippen LogP contribution in [0.4, 0.5) is 0 Å². The zero-order valence-electron chi connectivity index (χ0n) is 18.1. The molecule has 2 aromatic carbocycles. The molecule has 5 heteroatoms. The van der Waals surface area contributed by atoms with Crippen LogP contribution in [0.25, 0.3) is 0 Å². The van der Waals surface area contributed by atoms with Crippen LogP contribution in [0.15, 0.2) is 60.7 Å². The van der Waals surface area contributed by atoms with Gasteiger partial charge < -0.3 is 10.6 Å². The van der Waals surface area contributed by atoms with E-state index in [1.807, 2.05) is 48.5 Å². The van der Waals surface area contributed by atoms with E-state index in [-0.39, 0.29) is 29.8 Å². The zero-order valence-corrected chi connectivity index (χ0v) is 18.1. The monoisotopic (exact) mass is 407 g/mol. The van der Waals surface area contributed by atoms with Crippen molar-refractivity contribution in [3.8, 4) is 0 Å². The van der Waals surface area contributed by atoms with E-state index in [0.717, 1.165) is 18.7 Å². The summed E-state index contributed by atoms with van der Waals surface area (Å²) in [5.41, 5.74) is 1.43. The lowest BCUT2D eigenvalue weighted by molar-refractivity contribution is -0.122. The Labute approximate surface area is 179 Å².